The number of hydrogen-bond donors (Lipinski definition) is 2. The third-order valence-electron chi connectivity index (χ3n) is 3.50. The summed E-state index contributed by atoms with van der Waals surface area (Å²) < 4.78 is 51.9. The van der Waals surface area contributed by atoms with Gasteiger partial charge in [0.25, 0.3) is 0 Å². The molecule has 1 saturated heterocycles. The van der Waals surface area contributed by atoms with Gasteiger partial charge in [0.15, 0.2) is 0 Å². The second-order valence-corrected chi connectivity index (χ2v) is 5.53. The van der Waals surface area contributed by atoms with Gasteiger partial charge in [-0.15, -0.1) is 0 Å². The van der Waals surface area contributed by atoms with Crippen LogP contribution in [0.1, 0.15) is 24.5 Å². The van der Waals surface area contributed by atoms with Crippen molar-refractivity contribution in [2.24, 2.45) is 0 Å². The Morgan fingerprint density at radius 1 is 1.55 bits per heavy atom. The largest absolute Gasteiger partial charge is 0.418 e. The number of alkyl halides is 4. The van der Waals surface area contributed by atoms with Crippen LogP contribution in [0.25, 0.3) is 0 Å². The summed E-state index contributed by atoms with van der Waals surface area (Å²) in [5.41, 5.74) is -1.16. The fraction of sp³-hybridized carbons (Fsp3) is 0.538. The Morgan fingerprint density at radius 2 is 2.23 bits per heavy atom. The number of aromatic nitrogens is 1. The fourth-order valence-electron chi connectivity index (χ4n) is 2.28. The molecule has 22 heavy (non-hydrogen) atoms. The third kappa shape index (κ3) is 3.86. The van der Waals surface area contributed by atoms with Crippen molar-refractivity contribution >= 4 is 17.5 Å². The van der Waals surface area contributed by atoms with Gasteiger partial charge in [0.2, 0.25) is 5.91 Å². The van der Waals surface area contributed by atoms with Gasteiger partial charge in [0.05, 0.1) is 11.6 Å². The van der Waals surface area contributed by atoms with Gasteiger partial charge in [0.1, 0.15) is 11.3 Å². The second kappa shape index (κ2) is 6.37. The molecule has 1 aromatic rings. The van der Waals surface area contributed by atoms with Crippen LogP contribution in [0.2, 0.25) is 5.15 Å². The van der Waals surface area contributed by atoms with Crippen molar-refractivity contribution in [2.75, 3.05) is 0 Å². The second-order valence-electron chi connectivity index (χ2n) is 5.14. The van der Waals surface area contributed by atoms with E-state index in [4.69, 9.17) is 11.6 Å². The van der Waals surface area contributed by atoms with E-state index in [1.807, 2.05) is 0 Å². The Balaban J connectivity index is 2.05. The Morgan fingerprint density at radius 3 is 2.77 bits per heavy atom. The summed E-state index contributed by atoms with van der Waals surface area (Å²) in [4.78, 5) is 15.3. The van der Waals surface area contributed by atoms with Crippen molar-refractivity contribution < 1.29 is 22.4 Å². The standard InChI is InChI=1S/C13H14ClF4N3O/c1-6-9(15)3-10(21-6)12(22)20-4-7-2-11(14)19-5-8(7)13(16,17)18/h2,5-6,9-10,21H,3-4H2,1H3,(H,20,22). The number of halogens is 5. The first-order valence-electron chi connectivity index (χ1n) is 6.58. The minimum absolute atomic E-state index is 0.00374. The summed E-state index contributed by atoms with van der Waals surface area (Å²) in [6.07, 6.45) is -5.13. The lowest BCUT2D eigenvalue weighted by Crippen LogP contribution is -2.42. The summed E-state index contributed by atoms with van der Waals surface area (Å²) in [6, 6.07) is -0.165. The van der Waals surface area contributed by atoms with Crippen LogP contribution in [0.3, 0.4) is 0 Å². The highest BCUT2D eigenvalue weighted by Crippen LogP contribution is 2.32. The lowest BCUT2D eigenvalue weighted by Gasteiger charge is -2.15. The van der Waals surface area contributed by atoms with Gasteiger partial charge < -0.3 is 10.6 Å². The molecule has 1 aliphatic rings. The van der Waals surface area contributed by atoms with E-state index in [2.05, 4.69) is 15.6 Å². The number of nitrogens with one attached hydrogen (secondary N) is 2. The number of nitrogens with zero attached hydrogens (tertiary/aromatic N) is 1. The summed E-state index contributed by atoms with van der Waals surface area (Å²) >= 11 is 5.59. The number of carbonyl (C=O) groups is 1. The van der Waals surface area contributed by atoms with E-state index in [-0.39, 0.29) is 23.7 Å². The summed E-state index contributed by atoms with van der Waals surface area (Å²) in [5, 5.41) is 5.01. The summed E-state index contributed by atoms with van der Waals surface area (Å²) in [6.45, 7) is 1.24. The van der Waals surface area contributed by atoms with E-state index < -0.39 is 35.9 Å². The molecule has 0 saturated carbocycles. The van der Waals surface area contributed by atoms with Crippen molar-refractivity contribution in [3.8, 4) is 0 Å². The molecule has 3 unspecified atom stereocenters. The number of pyridine rings is 1. The van der Waals surface area contributed by atoms with E-state index >= 15 is 0 Å². The maximum Gasteiger partial charge on any atom is 0.418 e. The molecular formula is C13H14ClF4N3O. The Kier molecular flexibility index (Phi) is 4.91. The van der Waals surface area contributed by atoms with Gasteiger partial charge in [-0.2, -0.15) is 13.2 Å². The average Bonchev–Trinajstić information content (AvgIpc) is 2.75. The van der Waals surface area contributed by atoms with Gasteiger partial charge in [-0.25, -0.2) is 9.37 Å². The topological polar surface area (TPSA) is 54.0 Å². The van der Waals surface area contributed by atoms with E-state index in [1.54, 1.807) is 6.92 Å². The smallest absolute Gasteiger partial charge is 0.351 e. The number of amides is 1. The molecule has 3 atom stereocenters. The molecule has 0 radical (unpaired) electrons. The maximum absolute atomic E-state index is 13.3. The first-order valence-corrected chi connectivity index (χ1v) is 6.95. The van der Waals surface area contributed by atoms with Crippen molar-refractivity contribution in [2.45, 2.75) is 44.3 Å². The molecule has 2 rings (SSSR count). The van der Waals surface area contributed by atoms with E-state index in [0.29, 0.717) is 6.20 Å². The number of hydrogen-bond acceptors (Lipinski definition) is 3. The Hall–Kier alpha value is -1.41. The molecule has 1 aliphatic heterocycles. The van der Waals surface area contributed by atoms with Crippen LogP contribution in [0.4, 0.5) is 17.6 Å². The molecule has 122 valence electrons. The lowest BCUT2D eigenvalue weighted by atomic mass is 10.1. The molecule has 4 nitrogen and oxygen atoms in total. The van der Waals surface area contributed by atoms with Crippen molar-refractivity contribution in [1.82, 2.24) is 15.6 Å². The highest BCUT2D eigenvalue weighted by atomic mass is 35.5. The van der Waals surface area contributed by atoms with Crippen LogP contribution >= 0.6 is 11.6 Å². The molecule has 9 heteroatoms. The first kappa shape index (κ1) is 17.0. The van der Waals surface area contributed by atoms with Crippen molar-refractivity contribution in [3.05, 3.63) is 28.5 Å². The Labute approximate surface area is 129 Å². The van der Waals surface area contributed by atoms with E-state index in [9.17, 15) is 22.4 Å². The number of carbonyl (C=O) groups excluding carboxylic acids is 1. The number of rotatable bonds is 3. The quantitative estimate of drug-likeness (QED) is 0.657. The normalized spacial score (nSPS) is 25.3. The summed E-state index contributed by atoms with van der Waals surface area (Å²) in [7, 11) is 0. The van der Waals surface area contributed by atoms with Gasteiger partial charge in [-0.1, -0.05) is 11.6 Å². The van der Waals surface area contributed by atoms with Gasteiger partial charge >= 0.3 is 6.18 Å². The van der Waals surface area contributed by atoms with Crippen LogP contribution in [-0.4, -0.2) is 29.1 Å². The molecular weight excluding hydrogens is 326 g/mol. The van der Waals surface area contributed by atoms with Gasteiger partial charge in [-0.3, -0.25) is 4.79 Å². The lowest BCUT2D eigenvalue weighted by molar-refractivity contribution is -0.138. The average molecular weight is 340 g/mol. The maximum atomic E-state index is 13.3. The van der Waals surface area contributed by atoms with Crippen LogP contribution in [0.15, 0.2) is 12.3 Å². The zero-order valence-corrected chi connectivity index (χ0v) is 12.3. The van der Waals surface area contributed by atoms with E-state index in [0.717, 1.165) is 6.07 Å². The van der Waals surface area contributed by atoms with Gasteiger partial charge in [0, 0.05) is 25.2 Å². The van der Waals surface area contributed by atoms with E-state index in [1.165, 1.54) is 0 Å². The molecule has 2 heterocycles. The minimum atomic E-state index is -4.60. The molecule has 1 aromatic heterocycles. The monoisotopic (exact) mass is 339 g/mol. The van der Waals surface area contributed by atoms with Crippen LogP contribution < -0.4 is 10.6 Å². The minimum Gasteiger partial charge on any atom is -0.351 e. The zero-order chi connectivity index (χ0) is 16.5. The molecule has 1 amide bonds. The molecule has 0 aliphatic carbocycles. The molecule has 0 bridgehead atoms. The van der Waals surface area contributed by atoms with Crippen LogP contribution in [-0.2, 0) is 17.5 Å². The van der Waals surface area contributed by atoms with Gasteiger partial charge in [-0.05, 0) is 18.6 Å². The first-order chi connectivity index (χ1) is 10.2. The van der Waals surface area contributed by atoms with Crippen LogP contribution in [0.5, 0.6) is 0 Å². The van der Waals surface area contributed by atoms with Crippen LogP contribution in [0, 0.1) is 0 Å². The molecule has 0 spiro atoms. The summed E-state index contributed by atoms with van der Waals surface area (Å²) in [5.74, 6) is -0.548. The Bertz CT molecular complexity index is 557. The highest BCUT2D eigenvalue weighted by molar-refractivity contribution is 6.29. The SMILES string of the molecule is CC1NC(C(=O)NCc2cc(Cl)ncc2C(F)(F)F)CC1F. The molecule has 2 N–H and O–H groups in total. The van der Waals surface area contributed by atoms with Crippen molar-refractivity contribution in [3.63, 3.8) is 0 Å². The highest BCUT2D eigenvalue weighted by Gasteiger charge is 2.36. The predicted molar refractivity (Wildman–Crippen MR) is 72.0 cm³/mol. The zero-order valence-electron chi connectivity index (χ0n) is 11.5. The van der Waals surface area contributed by atoms with Crippen molar-refractivity contribution in [1.29, 1.82) is 0 Å². The predicted octanol–water partition coefficient (Wildman–Crippen LogP) is 2.46. The molecule has 0 aromatic carbocycles. The fourth-order valence-corrected chi connectivity index (χ4v) is 2.46. The third-order valence-corrected chi connectivity index (χ3v) is 3.71. The molecule has 1 fully saturated rings.